The summed E-state index contributed by atoms with van der Waals surface area (Å²) >= 11 is 5.36. The molecule has 0 amide bonds. The van der Waals surface area contributed by atoms with Crippen molar-refractivity contribution < 1.29 is 4.39 Å². The fraction of sp³-hybridized carbons (Fsp3) is 0. The Hall–Kier alpha value is -4.16. The number of hydrogen-bond acceptors (Lipinski definition) is 3. The Bertz CT molecular complexity index is 1440. The predicted octanol–water partition coefficient (Wildman–Crippen LogP) is 6.91. The molecule has 33 heavy (non-hydrogen) atoms. The highest BCUT2D eigenvalue weighted by atomic mass is 32.1. The maximum Gasteiger partial charge on any atom is 0.175 e. The minimum absolute atomic E-state index is 0.289. The first-order valence-electron chi connectivity index (χ1n) is 10.4. The molecule has 1 aromatic heterocycles. The zero-order valence-electron chi connectivity index (χ0n) is 17.5. The number of para-hydroxylation sites is 1. The third kappa shape index (κ3) is 4.56. The SMILES string of the molecule is Fc1ccccc1NC(=S)Nc1ccc2nc(-c3ccccc3)c(-c3ccccc3)nc2c1. The van der Waals surface area contributed by atoms with E-state index in [1.807, 2.05) is 78.9 Å². The third-order valence-corrected chi connectivity index (χ3v) is 5.34. The zero-order valence-corrected chi connectivity index (χ0v) is 18.3. The standard InChI is InChI=1S/C27H19FN4S/c28-21-13-7-8-14-22(21)32-27(33)29-20-15-16-23-24(17-20)31-26(19-11-5-2-6-12-19)25(30-23)18-9-3-1-4-10-18/h1-17H,(H2,29,32,33). The maximum absolute atomic E-state index is 13.9. The Morgan fingerprint density at radius 1 is 0.636 bits per heavy atom. The van der Waals surface area contributed by atoms with E-state index in [4.69, 9.17) is 22.2 Å². The van der Waals surface area contributed by atoms with Gasteiger partial charge in [-0.2, -0.15) is 0 Å². The Morgan fingerprint density at radius 2 is 1.21 bits per heavy atom. The fourth-order valence-electron chi connectivity index (χ4n) is 3.57. The average Bonchev–Trinajstić information content (AvgIpc) is 2.86. The van der Waals surface area contributed by atoms with Crippen molar-refractivity contribution in [2.75, 3.05) is 10.6 Å². The van der Waals surface area contributed by atoms with Crippen LogP contribution in [0.3, 0.4) is 0 Å². The quantitative estimate of drug-likeness (QED) is 0.291. The summed E-state index contributed by atoms with van der Waals surface area (Å²) in [5.74, 6) is -0.369. The molecule has 2 N–H and O–H groups in total. The van der Waals surface area contributed by atoms with Crippen molar-refractivity contribution in [3.63, 3.8) is 0 Å². The van der Waals surface area contributed by atoms with Gasteiger partial charge in [0, 0.05) is 16.8 Å². The number of thiocarbonyl (C=S) groups is 1. The summed E-state index contributed by atoms with van der Waals surface area (Å²) in [5, 5.41) is 6.27. The van der Waals surface area contributed by atoms with Crippen molar-refractivity contribution in [1.82, 2.24) is 9.97 Å². The number of fused-ring (bicyclic) bond motifs is 1. The van der Waals surface area contributed by atoms with Crippen LogP contribution >= 0.6 is 12.2 Å². The maximum atomic E-state index is 13.9. The van der Waals surface area contributed by atoms with Gasteiger partial charge in [-0.1, -0.05) is 72.8 Å². The molecule has 0 unspecified atom stereocenters. The van der Waals surface area contributed by atoms with Gasteiger partial charge in [-0.05, 0) is 42.5 Å². The van der Waals surface area contributed by atoms with Crippen LogP contribution in [0.4, 0.5) is 15.8 Å². The Labute approximate surface area is 196 Å². The van der Waals surface area contributed by atoms with Gasteiger partial charge in [0.15, 0.2) is 5.11 Å². The van der Waals surface area contributed by atoms with E-state index in [9.17, 15) is 4.39 Å². The van der Waals surface area contributed by atoms with Crippen molar-refractivity contribution in [1.29, 1.82) is 0 Å². The molecule has 0 spiro atoms. The van der Waals surface area contributed by atoms with Crippen LogP contribution in [0.2, 0.25) is 0 Å². The van der Waals surface area contributed by atoms with Crippen LogP contribution in [0.1, 0.15) is 0 Å². The average molecular weight is 451 g/mol. The van der Waals surface area contributed by atoms with E-state index < -0.39 is 0 Å². The number of rotatable bonds is 4. The molecule has 0 saturated heterocycles. The molecule has 0 aliphatic carbocycles. The van der Waals surface area contributed by atoms with E-state index in [2.05, 4.69) is 10.6 Å². The highest BCUT2D eigenvalue weighted by Crippen LogP contribution is 2.31. The predicted molar refractivity (Wildman–Crippen MR) is 137 cm³/mol. The van der Waals surface area contributed by atoms with Crippen molar-refractivity contribution in [2.24, 2.45) is 0 Å². The van der Waals surface area contributed by atoms with Crippen LogP contribution in [0.25, 0.3) is 33.5 Å². The molecule has 1 heterocycles. The molecule has 0 fully saturated rings. The summed E-state index contributed by atoms with van der Waals surface area (Å²) in [4.78, 5) is 9.89. The number of hydrogen-bond donors (Lipinski definition) is 2. The third-order valence-electron chi connectivity index (χ3n) is 5.14. The minimum Gasteiger partial charge on any atom is -0.332 e. The molecule has 0 aliphatic heterocycles. The van der Waals surface area contributed by atoms with E-state index in [-0.39, 0.29) is 10.9 Å². The number of anilines is 2. The van der Waals surface area contributed by atoms with Gasteiger partial charge in [0.05, 0.1) is 28.1 Å². The van der Waals surface area contributed by atoms with Gasteiger partial charge in [-0.15, -0.1) is 0 Å². The van der Waals surface area contributed by atoms with Crippen LogP contribution in [0.5, 0.6) is 0 Å². The first-order valence-corrected chi connectivity index (χ1v) is 10.8. The number of halogens is 1. The second-order valence-electron chi connectivity index (χ2n) is 7.42. The summed E-state index contributed by atoms with van der Waals surface area (Å²) < 4.78 is 13.9. The summed E-state index contributed by atoms with van der Waals surface area (Å²) in [6.45, 7) is 0. The lowest BCUT2D eigenvalue weighted by Crippen LogP contribution is -2.19. The molecular formula is C27H19FN4S. The first-order chi connectivity index (χ1) is 16.2. The van der Waals surface area contributed by atoms with E-state index >= 15 is 0 Å². The van der Waals surface area contributed by atoms with Crippen molar-refractivity contribution in [3.05, 3.63) is 109 Å². The highest BCUT2D eigenvalue weighted by molar-refractivity contribution is 7.80. The molecule has 0 atom stereocenters. The molecule has 5 aromatic rings. The van der Waals surface area contributed by atoms with Gasteiger partial charge < -0.3 is 10.6 Å². The summed E-state index contributed by atoms with van der Waals surface area (Å²) in [5.41, 5.74) is 6.17. The lowest BCUT2D eigenvalue weighted by atomic mass is 10.0. The van der Waals surface area contributed by atoms with Gasteiger partial charge in [0.1, 0.15) is 5.82 Å². The van der Waals surface area contributed by atoms with E-state index in [0.717, 1.165) is 39.2 Å². The van der Waals surface area contributed by atoms with Crippen molar-refractivity contribution in [2.45, 2.75) is 0 Å². The fourth-order valence-corrected chi connectivity index (χ4v) is 3.80. The Morgan fingerprint density at radius 3 is 1.85 bits per heavy atom. The molecule has 4 aromatic carbocycles. The summed E-state index contributed by atoms with van der Waals surface area (Å²) in [7, 11) is 0. The molecule has 160 valence electrons. The van der Waals surface area contributed by atoms with Gasteiger partial charge >= 0.3 is 0 Å². The smallest absolute Gasteiger partial charge is 0.175 e. The summed E-state index contributed by atoms with van der Waals surface area (Å²) in [6, 6.07) is 32.1. The topological polar surface area (TPSA) is 49.8 Å². The van der Waals surface area contributed by atoms with E-state index in [1.54, 1.807) is 18.2 Å². The van der Waals surface area contributed by atoms with Crippen LogP contribution in [0.15, 0.2) is 103 Å². The Kier molecular flexibility index (Phi) is 5.74. The highest BCUT2D eigenvalue weighted by Gasteiger charge is 2.13. The van der Waals surface area contributed by atoms with Crippen molar-refractivity contribution >= 4 is 39.7 Å². The molecule has 0 bridgehead atoms. The van der Waals surface area contributed by atoms with Crippen LogP contribution in [0, 0.1) is 5.82 Å². The van der Waals surface area contributed by atoms with E-state index in [1.165, 1.54) is 6.07 Å². The Balaban J connectivity index is 1.51. The number of nitrogens with zero attached hydrogens (tertiary/aromatic N) is 2. The molecule has 0 radical (unpaired) electrons. The lowest BCUT2D eigenvalue weighted by Gasteiger charge is -2.13. The minimum atomic E-state index is -0.369. The second-order valence-corrected chi connectivity index (χ2v) is 7.82. The molecule has 0 saturated carbocycles. The normalized spacial score (nSPS) is 10.7. The van der Waals surface area contributed by atoms with Gasteiger partial charge in [0.2, 0.25) is 0 Å². The monoisotopic (exact) mass is 450 g/mol. The van der Waals surface area contributed by atoms with Gasteiger partial charge in [0.25, 0.3) is 0 Å². The van der Waals surface area contributed by atoms with Crippen molar-refractivity contribution in [3.8, 4) is 22.5 Å². The van der Waals surface area contributed by atoms with E-state index in [0.29, 0.717) is 5.69 Å². The molecule has 4 nitrogen and oxygen atoms in total. The van der Waals surface area contributed by atoms with Crippen LogP contribution in [-0.4, -0.2) is 15.1 Å². The number of benzene rings is 4. The molecule has 5 rings (SSSR count). The zero-order chi connectivity index (χ0) is 22.6. The number of nitrogens with one attached hydrogen (secondary N) is 2. The number of aromatic nitrogens is 2. The van der Waals surface area contributed by atoms with Gasteiger partial charge in [-0.3, -0.25) is 0 Å². The van der Waals surface area contributed by atoms with Gasteiger partial charge in [-0.25, -0.2) is 14.4 Å². The summed E-state index contributed by atoms with van der Waals surface area (Å²) in [6.07, 6.45) is 0. The van der Waals surface area contributed by atoms with Crippen LogP contribution in [-0.2, 0) is 0 Å². The largest absolute Gasteiger partial charge is 0.332 e. The molecule has 0 aliphatic rings. The second kappa shape index (κ2) is 9.14. The molecule has 6 heteroatoms. The van der Waals surface area contributed by atoms with Crippen LogP contribution < -0.4 is 10.6 Å². The molecular weight excluding hydrogens is 431 g/mol. The first kappa shape index (κ1) is 20.7. The lowest BCUT2D eigenvalue weighted by molar-refractivity contribution is 0.632.